The molecule has 8 nitrogen and oxygen atoms in total. The Hall–Kier alpha value is -1.72. The fraction of sp³-hybridized carbons (Fsp3) is 0.571. The first-order valence-electron chi connectivity index (χ1n) is 12.9. The van der Waals surface area contributed by atoms with E-state index in [1.54, 1.807) is 0 Å². The molecule has 1 aromatic carbocycles. The highest BCUT2D eigenvalue weighted by molar-refractivity contribution is 14.1. The van der Waals surface area contributed by atoms with E-state index in [9.17, 15) is 0 Å². The molecule has 6 rings (SSSR count). The van der Waals surface area contributed by atoms with Gasteiger partial charge in [-0.25, -0.2) is 0 Å². The van der Waals surface area contributed by atoms with Crippen LogP contribution in [0.5, 0.6) is 0 Å². The molecule has 5 aliphatic rings. The van der Waals surface area contributed by atoms with Gasteiger partial charge in [0, 0.05) is 80.5 Å². The molecule has 0 bridgehead atoms. The predicted octanol–water partition coefficient (Wildman–Crippen LogP) is 5.14. The van der Waals surface area contributed by atoms with Gasteiger partial charge in [0.05, 0.1) is 38.1 Å². The van der Waals surface area contributed by atoms with Gasteiger partial charge < -0.3 is 29.2 Å². The van der Waals surface area contributed by atoms with E-state index in [1.807, 2.05) is 12.2 Å². The minimum Gasteiger partial charge on any atom is -0.371 e. The van der Waals surface area contributed by atoms with E-state index in [2.05, 4.69) is 83.1 Å². The number of nitrogens with one attached hydrogen (secondary N) is 1. The van der Waals surface area contributed by atoms with Gasteiger partial charge in [-0.05, 0) is 41.1 Å². The third kappa shape index (κ3) is 8.64. The molecule has 1 aromatic rings. The highest BCUT2D eigenvalue weighted by Gasteiger charge is 2.40. The number of ether oxygens (including phenoxy) is 4. The van der Waals surface area contributed by atoms with E-state index in [1.165, 1.54) is 20.4 Å². The molecule has 0 unspecified atom stereocenters. The van der Waals surface area contributed by atoms with Crippen LogP contribution in [0.4, 0.5) is 5.69 Å². The van der Waals surface area contributed by atoms with Crippen LogP contribution in [0.1, 0.15) is 38.2 Å². The number of rotatable bonds is 1. The average molecular weight is 626 g/mol. The Balaban J connectivity index is 0.000000162. The van der Waals surface area contributed by atoms with Crippen LogP contribution in [0, 0.1) is 22.9 Å². The molecule has 4 aliphatic heterocycles. The molecule has 0 amide bonds. The lowest BCUT2D eigenvalue weighted by atomic mass is 10.0. The highest BCUT2D eigenvalue weighted by atomic mass is 127. The quantitative estimate of drug-likeness (QED) is 0.339. The van der Waals surface area contributed by atoms with Crippen LogP contribution in [0.2, 0.25) is 0 Å². The highest BCUT2D eigenvalue weighted by Crippen LogP contribution is 2.34. The lowest BCUT2D eigenvalue weighted by Crippen LogP contribution is -2.45. The summed E-state index contributed by atoms with van der Waals surface area (Å²) in [5, 5.41) is 3.28. The lowest BCUT2D eigenvalue weighted by molar-refractivity contribution is -0.172. The Morgan fingerprint density at radius 1 is 0.865 bits per heavy atom. The normalized spacial score (nSPS) is 22.8. The molecular weight excluding hydrogens is 587 g/mol. The predicted molar refractivity (Wildman–Crippen MR) is 154 cm³/mol. The molecule has 4 saturated heterocycles. The summed E-state index contributed by atoms with van der Waals surface area (Å²) in [5.74, 6) is -0.454. The van der Waals surface area contributed by atoms with Crippen molar-refractivity contribution < 1.29 is 18.9 Å². The molecule has 1 aliphatic carbocycles. The van der Waals surface area contributed by atoms with Crippen molar-refractivity contribution in [2.24, 2.45) is 0 Å². The van der Waals surface area contributed by atoms with Crippen molar-refractivity contribution in [3.05, 3.63) is 73.2 Å². The number of halogens is 1. The second kappa shape index (κ2) is 15.0. The number of nitrogens with zero attached hydrogens (tertiary/aromatic N) is 1. The first-order chi connectivity index (χ1) is 18.0. The van der Waals surface area contributed by atoms with Crippen molar-refractivity contribution in [1.29, 1.82) is 0 Å². The molecule has 4 heterocycles. The van der Waals surface area contributed by atoms with Gasteiger partial charge in [0.25, 0.3) is 0 Å². The number of piperidine rings is 2. The molecule has 1 N–H and O–H groups in total. The summed E-state index contributed by atoms with van der Waals surface area (Å²) in [6.45, 7) is 11.4. The number of benzene rings is 1. The van der Waals surface area contributed by atoms with Crippen molar-refractivity contribution in [3.63, 3.8) is 0 Å². The second-order valence-corrected chi connectivity index (χ2v) is 10.6. The van der Waals surface area contributed by atoms with Crippen LogP contribution in [0.25, 0.3) is 0 Å². The van der Waals surface area contributed by atoms with Gasteiger partial charge in [0.15, 0.2) is 11.6 Å². The van der Waals surface area contributed by atoms with Gasteiger partial charge in [0.1, 0.15) is 15.7 Å². The van der Waals surface area contributed by atoms with Gasteiger partial charge >= 0.3 is 0 Å². The van der Waals surface area contributed by atoms with Gasteiger partial charge in [-0.2, -0.15) is 0 Å². The summed E-state index contributed by atoms with van der Waals surface area (Å²) in [6, 6.07) is 8.56. The van der Waals surface area contributed by atoms with Crippen molar-refractivity contribution in [3.8, 4) is 0 Å². The van der Waals surface area contributed by atoms with Gasteiger partial charge in [-0.15, -0.1) is 0 Å². The summed E-state index contributed by atoms with van der Waals surface area (Å²) in [7, 11) is 0. The van der Waals surface area contributed by atoms with Gasteiger partial charge in [0.2, 0.25) is 0 Å². The Bertz CT molecular complexity index is 900. The molecular formula is C28H38IN2O6+. The standard InChI is InChI=1S/C14H19NO2.C7H6I.C7H13NO2.O2/c1-12-4-2-3-5-13(12)15-8-6-14(7-9-15)16-10-11-17-14;1-6-4-2-3-5-7(6)8;1-3-8-4-2-7(1)9-5-6-10-7;1-2/h2-5H,6-11H2,1H3;3-5H,1H3;8H,1-6H2;/q;+1;;. The van der Waals surface area contributed by atoms with Crippen LogP contribution in [-0.4, -0.2) is 64.2 Å². The lowest BCUT2D eigenvalue weighted by Gasteiger charge is -2.39. The molecule has 2 spiro atoms. The zero-order chi connectivity index (χ0) is 26.6. The molecule has 4 fully saturated rings. The Morgan fingerprint density at radius 3 is 1.89 bits per heavy atom. The van der Waals surface area contributed by atoms with E-state index in [0.29, 0.717) is 0 Å². The maximum Gasteiger partial charge on any atom is 0.171 e. The summed E-state index contributed by atoms with van der Waals surface area (Å²) >= 11 is 2.30. The van der Waals surface area contributed by atoms with E-state index in [-0.39, 0.29) is 11.6 Å². The van der Waals surface area contributed by atoms with Crippen LogP contribution in [0.3, 0.4) is 0 Å². The second-order valence-electron chi connectivity index (χ2n) is 9.41. The smallest absolute Gasteiger partial charge is 0.171 e. The maximum atomic E-state index is 7.00. The van der Waals surface area contributed by atoms with Crippen molar-refractivity contribution in [2.45, 2.75) is 51.1 Å². The van der Waals surface area contributed by atoms with E-state index >= 15 is 0 Å². The van der Waals surface area contributed by atoms with Gasteiger partial charge in [-0.1, -0.05) is 18.2 Å². The van der Waals surface area contributed by atoms with E-state index in [4.69, 9.17) is 28.9 Å². The number of aryl methyl sites for hydroxylation is 1. The first-order valence-corrected chi connectivity index (χ1v) is 13.9. The van der Waals surface area contributed by atoms with Crippen LogP contribution in [-0.2, 0) is 18.9 Å². The van der Waals surface area contributed by atoms with Crippen molar-refractivity contribution in [2.75, 3.05) is 57.5 Å². The number of para-hydroxylation sites is 1. The molecule has 9 heteroatoms. The summed E-state index contributed by atoms with van der Waals surface area (Å²) in [5.41, 5.74) is 3.99. The fourth-order valence-electron chi connectivity index (χ4n) is 4.88. The average Bonchev–Trinajstić information content (AvgIpc) is 3.59. The summed E-state index contributed by atoms with van der Waals surface area (Å²) in [4.78, 5) is 16.4. The van der Waals surface area contributed by atoms with E-state index in [0.717, 1.165) is 78.3 Å². The third-order valence-electron chi connectivity index (χ3n) is 6.98. The number of anilines is 1. The molecule has 0 aromatic heterocycles. The topological polar surface area (TPSA) is 86.3 Å². The molecule has 0 atom stereocenters. The maximum absolute atomic E-state index is 7.00. The van der Waals surface area contributed by atoms with Gasteiger partial charge in [-0.3, -0.25) is 0 Å². The van der Waals surface area contributed by atoms with Crippen LogP contribution in [0.15, 0.2) is 51.6 Å². The largest absolute Gasteiger partial charge is 0.371 e. The Kier molecular flexibility index (Phi) is 12.1. The summed E-state index contributed by atoms with van der Waals surface area (Å²) < 4.78 is 23.8. The third-order valence-corrected chi connectivity index (χ3v) is 8.19. The van der Waals surface area contributed by atoms with Crippen molar-refractivity contribution >= 4 is 28.3 Å². The van der Waals surface area contributed by atoms with E-state index < -0.39 is 0 Å². The minimum atomic E-state index is -0.265. The molecule has 0 saturated carbocycles. The minimum absolute atomic E-state index is 0.189. The molecule has 202 valence electrons. The molecule has 0 radical (unpaired) electrons. The number of hydrogen-bond acceptors (Lipinski definition) is 8. The molecule has 37 heavy (non-hydrogen) atoms. The fourth-order valence-corrected chi connectivity index (χ4v) is 5.22. The zero-order valence-corrected chi connectivity index (χ0v) is 24.0. The number of hydrogen-bond donors (Lipinski definition) is 1. The monoisotopic (exact) mass is 625 g/mol. The Morgan fingerprint density at radius 2 is 1.41 bits per heavy atom. The number of allylic oxidation sites excluding steroid dienone is 6. The first kappa shape index (κ1) is 29.8. The van der Waals surface area contributed by atoms with Crippen LogP contribution < -0.4 is 10.2 Å². The van der Waals surface area contributed by atoms with Crippen molar-refractivity contribution in [1.82, 2.24) is 5.32 Å². The zero-order valence-electron chi connectivity index (χ0n) is 21.8. The van der Waals surface area contributed by atoms with Crippen LogP contribution >= 0.6 is 22.6 Å². The summed E-state index contributed by atoms with van der Waals surface area (Å²) in [6.07, 6.45) is 12.9. The Labute approximate surface area is 233 Å². The SMILES string of the molecule is C1CC2(CCN1)OCCO2.CC1=C(I)C=C[C+]=C1.Cc1ccccc1N1CCC2(CC1)OCCO2.O=O.